The van der Waals surface area contributed by atoms with E-state index < -0.39 is 19.1 Å². The number of nitrogens with two attached hydrogens (primary N) is 1. The van der Waals surface area contributed by atoms with Gasteiger partial charge in [0.1, 0.15) is 19.6 Å². The van der Waals surface area contributed by atoms with Crippen LogP contribution >= 0.6 is 0 Å². The summed E-state index contributed by atoms with van der Waals surface area (Å²) in [5, 5.41) is 10.4. The Kier molecular flexibility index (Phi) is 5.44. The third-order valence-electron chi connectivity index (χ3n) is 0.871. The average Bonchev–Trinajstić information content (AvgIpc) is 2.01. The molecule has 0 aliphatic rings. The van der Waals surface area contributed by atoms with Gasteiger partial charge in [-0.15, -0.1) is 0 Å². The highest BCUT2D eigenvalue weighted by molar-refractivity contribution is 5.66. The van der Waals surface area contributed by atoms with Gasteiger partial charge < -0.3 is 25.6 Å². The summed E-state index contributed by atoms with van der Waals surface area (Å²) in [6.45, 7) is -0.571. The van der Waals surface area contributed by atoms with Crippen LogP contribution in [0.1, 0.15) is 0 Å². The van der Waals surface area contributed by atoms with Crippen LogP contribution in [0.4, 0.5) is 4.79 Å². The van der Waals surface area contributed by atoms with Gasteiger partial charge in [-0.25, -0.2) is 4.79 Å². The fraction of sp³-hybridized carbons (Fsp3) is 0.800. The summed E-state index contributed by atoms with van der Waals surface area (Å²) in [6.07, 6.45) is -1.36. The summed E-state index contributed by atoms with van der Waals surface area (Å²) in [4.78, 5) is 10.4. The molecule has 0 saturated heterocycles. The predicted octanol–water partition coefficient (Wildman–Crippen LogP) is -1.41. The van der Waals surface area contributed by atoms with Crippen LogP contribution in [-0.4, -0.2) is 37.9 Å². The molecule has 0 saturated carbocycles. The van der Waals surface area contributed by atoms with Gasteiger partial charge in [0.15, 0.2) is 0 Å². The largest absolute Gasteiger partial charge is 0.445 e. The quantitative estimate of drug-likeness (QED) is 0.444. The number of nitrogens with one attached hydrogen (secondary N) is 1. The zero-order valence-electron chi connectivity index (χ0n) is 6.24. The van der Waals surface area contributed by atoms with Crippen LogP contribution < -0.4 is 11.1 Å². The topological polar surface area (TPSA) is 93.8 Å². The van der Waals surface area contributed by atoms with Crippen LogP contribution in [0, 0.1) is 0 Å². The number of hydrogen-bond acceptors (Lipinski definition) is 5. The first-order valence-electron chi connectivity index (χ1n) is 3.03. The van der Waals surface area contributed by atoms with Crippen molar-refractivity contribution in [2.45, 2.75) is 6.23 Å². The molecule has 0 bridgehead atoms. The van der Waals surface area contributed by atoms with Crippen molar-refractivity contribution in [3.63, 3.8) is 0 Å². The lowest BCUT2D eigenvalue weighted by molar-refractivity contribution is -0.0675. The summed E-state index contributed by atoms with van der Waals surface area (Å²) in [5.74, 6) is 0. The zero-order valence-corrected chi connectivity index (χ0v) is 6.24. The normalized spacial score (nSPS) is 12.3. The van der Waals surface area contributed by atoms with Crippen molar-refractivity contribution in [2.75, 3.05) is 20.4 Å². The molecule has 0 spiro atoms. The average molecular weight is 164 g/mol. The van der Waals surface area contributed by atoms with Gasteiger partial charge in [-0.1, -0.05) is 0 Å². The molecule has 0 aliphatic heterocycles. The fourth-order valence-corrected chi connectivity index (χ4v) is 0.374. The second-order valence-corrected chi connectivity index (χ2v) is 1.68. The lowest BCUT2D eigenvalue weighted by Crippen LogP contribution is -2.33. The van der Waals surface area contributed by atoms with Crippen LogP contribution in [0.5, 0.6) is 0 Å². The SMILES string of the molecule is CNC(=O)OC[C@H](N)OCO. The summed E-state index contributed by atoms with van der Waals surface area (Å²) in [6, 6.07) is 0. The molecule has 6 nitrogen and oxygen atoms in total. The first kappa shape index (κ1) is 10.2. The molecule has 4 N–H and O–H groups in total. The lowest BCUT2D eigenvalue weighted by atomic mass is 10.6. The molecule has 0 aliphatic carbocycles. The molecular formula is C5H12N2O4. The van der Waals surface area contributed by atoms with Crippen LogP contribution in [0.25, 0.3) is 0 Å². The summed E-state index contributed by atoms with van der Waals surface area (Å²) in [5.41, 5.74) is 5.20. The number of rotatable bonds is 4. The standard InChI is InChI=1S/C5H12N2O4/c1-7-5(9)10-2-4(6)11-3-8/h4,8H,2-3,6H2,1H3,(H,7,9)/t4-/m1/s1. The van der Waals surface area contributed by atoms with Crippen LogP contribution in [0.3, 0.4) is 0 Å². The minimum atomic E-state index is -0.780. The number of hydrogen-bond donors (Lipinski definition) is 3. The number of ether oxygens (including phenoxy) is 2. The molecule has 0 aromatic carbocycles. The van der Waals surface area contributed by atoms with Gasteiger partial charge in [0.05, 0.1) is 0 Å². The van der Waals surface area contributed by atoms with Gasteiger partial charge in [-0.3, -0.25) is 0 Å². The third-order valence-corrected chi connectivity index (χ3v) is 0.871. The van der Waals surface area contributed by atoms with Gasteiger partial charge in [0.25, 0.3) is 0 Å². The van der Waals surface area contributed by atoms with Gasteiger partial charge in [0, 0.05) is 7.05 Å². The maximum Gasteiger partial charge on any atom is 0.407 e. The van der Waals surface area contributed by atoms with Gasteiger partial charge in [0.2, 0.25) is 0 Å². The number of aliphatic hydroxyl groups is 1. The smallest absolute Gasteiger partial charge is 0.407 e. The summed E-state index contributed by atoms with van der Waals surface area (Å²) >= 11 is 0. The van der Waals surface area contributed by atoms with Crippen molar-refractivity contribution in [3.8, 4) is 0 Å². The second kappa shape index (κ2) is 5.90. The van der Waals surface area contributed by atoms with Crippen molar-refractivity contribution in [1.82, 2.24) is 5.32 Å². The van der Waals surface area contributed by atoms with E-state index in [-0.39, 0.29) is 6.61 Å². The highest BCUT2D eigenvalue weighted by Crippen LogP contribution is 1.84. The van der Waals surface area contributed by atoms with Crippen molar-refractivity contribution >= 4 is 6.09 Å². The van der Waals surface area contributed by atoms with E-state index in [9.17, 15) is 4.79 Å². The molecule has 0 heterocycles. The molecule has 0 aromatic rings. The maximum absolute atomic E-state index is 10.4. The van der Waals surface area contributed by atoms with Crippen molar-refractivity contribution in [1.29, 1.82) is 0 Å². The van der Waals surface area contributed by atoms with Crippen LogP contribution in [-0.2, 0) is 9.47 Å². The van der Waals surface area contributed by atoms with Crippen molar-refractivity contribution < 1.29 is 19.4 Å². The molecule has 0 rings (SSSR count). The van der Waals surface area contributed by atoms with Crippen molar-refractivity contribution in [2.24, 2.45) is 5.73 Å². The minimum absolute atomic E-state index is 0.0831. The summed E-state index contributed by atoms with van der Waals surface area (Å²) < 4.78 is 8.96. The maximum atomic E-state index is 10.4. The van der Waals surface area contributed by atoms with E-state index in [0.29, 0.717) is 0 Å². The molecule has 1 atom stereocenters. The van der Waals surface area contributed by atoms with Gasteiger partial charge >= 0.3 is 6.09 Å². The number of amides is 1. The minimum Gasteiger partial charge on any atom is -0.445 e. The monoisotopic (exact) mass is 164 g/mol. The zero-order chi connectivity index (χ0) is 8.69. The van der Waals surface area contributed by atoms with Crippen LogP contribution in [0.15, 0.2) is 0 Å². The first-order valence-corrected chi connectivity index (χ1v) is 3.03. The van der Waals surface area contributed by atoms with E-state index in [4.69, 9.17) is 10.8 Å². The molecular weight excluding hydrogens is 152 g/mol. The van der Waals surface area contributed by atoms with E-state index in [1.165, 1.54) is 7.05 Å². The van der Waals surface area contributed by atoms with E-state index in [1.807, 2.05) is 0 Å². The highest BCUT2D eigenvalue weighted by Gasteiger charge is 2.04. The van der Waals surface area contributed by atoms with Gasteiger partial charge in [-0.05, 0) is 0 Å². The number of carbonyl (C=O) groups excluding carboxylic acids is 1. The number of carbonyl (C=O) groups is 1. The molecule has 6 heteroatoms. The van der Waals surface area contributed by atoms with Crippen molar-refractivity contribution in [3.05, 3.63) is 0 Å². The molecule has 0 radical (unpaired) electrons. The Balaban J connectivity index is 3.29. The Hall–Kier alpha value is -0.850. The molecule has 0 fully saturated rings. The summed E-state index contributed by atoms with van der Waals surface area (Å²) in [7, 11) is 1.43. The van der Waals surface area contributed by atoms with Gasteiger partial charge in [-0.2, -0.15) is 0 Å². The van der Waals surface area contributed by atoms with E-state index in [2.05, 4.69) is 14.8 Å². The molecule has 66 valence electrons. The van der Waals surface area contributed by atoms with E-state index in [0.717, 1.165) is 0 Å². The molecule has 0 aromatic heterocycles. The number of alkyl carbamates (subject to hydrolysis) is 1. The Morgan fingerprint density at radius 1 is 1.82 bits per heavy atom. The first-order chi connectivity index (χ1) is 5.20. The molecule has 0 unspecified atom stereocenters. The number of aliphatic hydroxyl groups excluding tert-OH is 1. The molecule has 11 heavy (non-hydrogen) atoms. The molecule has 1 amide bonds. The Morgan fingerprint density at radius 3 is 2.91 bits per heavy atom. The third kappa shape index (κ3) is 5.59. The lowest BCUT2D eigenvalue weighted by Gasteiger charge is -2.10. The fourth-order valence-electron chi connectivity index (χ4n) is 0.374. The second-order valence-electron chi connectivity index (χ2n) is 1.68. The predicted molar refractivity (Wildman–Crippen MR) is 36.6 cm³/mol. The Bertz CT molecular complexity index is 119. The van der Waals surface area contributed by atoms with E-state index >= 15 is 0 Å². The van der Waals surface area contributed by atoms with Crippen LogP contribution in [0.2, 0.25) is 0 Å². The van der Waals surface area contributed by atoms with E-state index in [1.54, 1.807) is 0 Å². The Morgan fingerprint density at radius 2 is 2.45 bits per heavy atom. The Labute approximate surface area is 64.3 Å². The highest BCUT2D eigenvalue weighted by atomic mass is 16.6.